The van der Waals surface area contributed by atoms with Crippen molar-refractivity contribution >= 4 is 23.8 Å². The lowest BCUT2D eigenvalue weighted by molar-refractivity contribution is 0.768. The summed E-state index contributed by atoms with van der Waals surface area (Å²) in [6, 6.07) is 5.36. The van der Waals surface area contributed by atoms with Gasteiger partial charge in [-0.1, -0.05) is 23.8 Å². The van der Waals surface area contributed by atoms with Crippen LogP contribution in [-0.4, -0.2) is 24.7 Å². The maximum absolute atomic E-state index is 5.84. The molecule has 0 amide bonds. The number of halogens is 1. The Kier molecular flexibility index (Phi) is 3.33. The minimum absolute atomic E-state index is 0.495. The second-order valence-electron chi connectivity index (χ2n) is 4.25. The van der Waals surface area contributed by atoms with E-state index in [1.54, 1.807) is 35.3 Å². The molecule has 1 N–H and O–H groups in total. The van der Waals surface area contributed by atoms with Gasteiger partial charge in [-0.25, -0.2) is 4.98 Å². The molecule has 20 heavy (non-hydrogen) atoms. The normalized spacial score (nSPS) is 10.7. The van der Waals surface area contributed by atoms with Crippen molar-refractivity contribution < 1.29 is 0 Å². The first-order chi connectivity index (χ1) is 9.61. The topological polar surface area (TPSA) is 59.4 Å². The highest BCUT2D eigenvalue weighted by molar-refractivity contribution is 7.71. The molecule has 100 valence electrons. The van der Waals surface area contributed by atoms with E-state index in [2.05, 4.69) is 20.1 Å². The van der Waals surface area contributed by atoms with Crippen LogP contribution < -0.4 is 0 Å². The number of pyridine rings is 1. The Bertz CT molecular complexity index is 806. The second kappa shape index (κ2) is 5.15. The van der Waals surface area contributed by atoms with E-state index < -0.39 is 0 Å². The maximum atomic E-state index is 5.84. The van der Waals surface area contributed by atoms with E-state index in [9.17, 15) is 0 Å². The third-order valence-corrected chi connectivity index (χ3v) is 3.16. The summed E-state index contributed by atoms with van der Waals surface area (Å²) < 4.78 is 2.22. The molecule has 0 aliphatic heterocycles. The summed E-state index contributed by atoms with van der Waals surface area (Å²) in [5, 5.41) is 4.73. The standard InChI is InChI=1S/C13H10ClN5S/c1-19-7-8(5-16-19)11-4-12(20)18-13(17-11)10-3-2-9(14)6-15-10/h2-7H,1H3,(H,17,18,20). The van der Waals surface area contributed by atoms with Gasteiger partial charge < -0.3 is 4.98 Å². The summed E-state index contributed by atoms with van der Waals surface area (Å²) in [4.78, 5) is 11.7. The van der Waals surface area contributed by atoms with E-state index in [1.807, 2.05) is 13.2 Å². The van der Waals surface area contributed by atoms with Gasteiger partial charge in [0.2, 0.25) is 0 Å². The zero-order valence-electron chi connectivity index (χ0n) is 10.5. The molecule has 0 unspecified atom stereocenters. The lowest BCUT2D eigenvalue weighted by Crippen LogP contribution is -1.94. The van der Waals surface area contributed by atoms with Gasteiger partial charge in [-0.3, -0.25) is 9.67 Å². The van der Waals surface area contributed by atoms with Crippen molar-refractivity contribution in [3.8, 4) is 22.8 Å². The minimum atomic E-state index is 0.495. The van der Waals surface area contributed by atoms with Gasteiger partial charge in [0.05, 0.1) is 16.9 Å². The van der Waals surface area contributed by atoms with E-state index >= 15 is 0 Å². The van der Waals surface area contributed by atoms with Crippen molar-refractivity contribution in [1.82, 2.24) is 24.7 Å². The van der Waals surface area contributed by atoms with E-state index in [0.717, 1.165) is 11.3 Å². The van der Waals surface area contributed by atoms with Crippen molar-refractivity contribution in [3.05, 3.63) is 46.5 Å². The lowest BCUT2D eigenvalue weighted by atomic mass is 10.2. The molecule has 3 aromatic rings. The largest absolute Gasteiger partial charge is 0.338 e. The first kappa shape index (κ1) is 13.0. The van der Waals surface area contributed by atoms with Crippen LogP contribution in [0.25, 0.3) is 22.8 Å². The number of nitrogens with zero attached hydrogens (tertiary/aromatic N) is 4. The van der Waals surface area contributed by atoms with Gasteiger partial charge in [0.15, 0.2) is 5.82 Å². The van der Waals surface area contributed by atoms with Crippen LogP contribution in [-0.2, 0) is 7.05 Å². The Hall–Kier alpha value is -2.05. The fourth-order valence-electron chi connectivity index (χ4n) is 1.81. The molecule has 3 aromatic heterocycles. The van der Waals surface area contributed by atoms with Gasteiger partial charge >= 0.3 is 0 Å². The predicted molar refractivity (Wildman–Crippen MR) is 79.9 cm³/mol. The van der Waals surface area contributed by atoms with E-state index in [-0.39, 0.29) is 0 Å². The number of H-pyrrole nitrogens is 1. The number of aromatic amines is 1. The SMILES string of the molecule is Cn1cc(-c2cc(=S)nc(-c3ccc(Cl)cn3)[nH]2)cn1. The van der Waals surface area contributed by atoms with E-state index in [4.69, 9.17) is 23.8 Å². The number of hydrogen-bond acceptors (Lipinski definition) is 4. The molecule has 0 aromatic carbocycles. The molecule has 0 radical (unpaired) electrons. The molecule has 5 nitrogen and oxygen atoms in total. The van der Waals surface area contributed by atoms with Crippen LogP contribution >= 0.6 is 23.8 Å². The van der Waals surface area contributed by atoms with E-state index in [1.165, 1.54) is 0 Å². The van der Waals surface area contributed by atoms with Gasteiger partial charge in [-0.15, -0.1) is 0 Å². The number of aryl methyl sites for hydroxylation is 1. The zero-order valence-corrected chi connectivity index (χ0v) is 12.1. The summed E-state index contributed by atoms with van der Waals surface area (Å²) in [6.45, 7) is 0. The van der Waals surface area contributed by atoms with Crippen LogP contribution in [0.3, 0.4) is 0 Å². The summed E-state index contributed by atoms with van der Waals surface area (Å²) in [5.74, 6) is 0.605. The molecule has 0 atom stereocenters. The van der Waals surface area contributed by atoms with Crippen LogP contribution in [0.15, 0.2) is 36.8 Å². The van der Waals surface area contributed by atoms with Crippen molar-refractivity contribution in [2.24, 2.45) is 7.05 Å². The first-order valence-electron chi connectivity index (χ1n) is 5.84. The van der Waals surface area contributed by atoms with Gasteiger partial charge in [0.25, 0.3) is 0 Å². The van der Waals surface area contributed by atoms with Gasteiger partial charge in [0, 0.05) is 25.0 Å². The van der Waals surface area contributed by atoms with Gasteiger partial charge in [-0.2, -0.15) is 5.10 Å². The Labute approximate surface area is 125 Å². The lowest BCUT2D eigenvalue weighted by Gasteiger charge is -2.04. The molecule has 3 heterocycles. The van der Waals surface area contributed by atoms with E-state index in [0.29, 0.717) is 21.2 Å². The summed E-state index contributed by atoms with van der Waals surface area (Å²) in [6.07, 6.45) is 5.24. The Morgan fingerprint density at radius 1 is 1.30 bits per heavy atom. The second-order valence-corrected chi connectivity index (χ2v) is 5.10. The highest BCUT2D eigenvalue weighted by Crippen LogP contribution is 2.20. The summed E-state index contributed by atoms with van der Waals surface area (Å²) in [7, 11) is 1.86. The van der Waals surface area contributed by atoms with Crippen LogP contribution in [0.1, 0.15) is 0 Å². The Balaban J connectivity index is 2.11. The number of rotatable bonds is 2. The van der Waals surface area contributed by atoms with Crippen LogP contribution in [0.2, 0.25) is 5.02 Å². The minimum Gasteiger partial charge on any atom is -0.338 e. The zero-order chi connectivity index (χ0) is 14.1. The summed E-state index contributed by atoms with van der Waals surface area (Å²) in [5.41, 5.74) is 2.48. The van der Waals surface area contributed by atoms with Gasteiger partial charge in [-0.05, 0) is 18.2 Å². The van der Waals surface area contributed by atoms with Crippen LogP contribution in [0, 0.1) is 4.64 Å². The Morgan fingerprint density at radius 2 is 2.15 bits per heavy atom. The highest BCUT2D eigenvalue weighted by atomic mass is 35.5. The fourth-order valence-corrected chi connectivity index (χ4v) is 2.13. The number of aromatic nitrogens is 5. The average molecular weight is 304 g/mol. The smallest absolute Gasteiger partial charge is 0.158 e. The molecule has 0 saturated carbocycles. The van der Waals surface area contributed by atoms with Crippen LogP contribution in [0.5, 0.6) is 0 Å². The van der Waals surface area contributed by atoms with Crippen molar-refractivity contribution in [1.29, 1.82) is 0 Å². The molecular weight excluding hydrogens is 294 g/mol. The molecule has 3 rings (SSSR count). The molecule has 0 aliphatic carbocycles. The first-order valence-corrected chi connectivity index (χ1v) is 6.63. The molecular formula is C13H10ClN5S. The fraction of sp³-hybridized carbons (Fsp3) is 0.0769. The summed E-state index contributed by atoms with van der Waals surface area (Å²) >= 11 is 11.0. The third-order valence-electron chi connectivity index (χ3n) is 2.73. The average Bonchev–Trinajstić information content (AvgIpc) is 2.85. The van der Waals surface area contributed by atoms with Gasteiger partial charge in [0.1, 0.15) is 10.3 Å². The Morgan fingerprint density at radius 3 is 2.80 bits per heavy atom. The molecule has 0 bridgehead atoms. The molecule has 0 spiro atoms. The van der Waals surface area contributed by atoms with Crippen molar-refractivity contribution in [2.45, 2.75) is 0 Å². The highest BCUT2D eigenvalue weighted by Gasteiger charge is 2.07. The molecule has 0 saturated heterocycles. The number of hydrogen-bond donors (Lipinski definition) is 1. The third kappa shape index (κ3) is 2.61. The van der Waals surface area contributed by atoms with Crippen molar-refractivity contribution in [3.63, 3.8) is 0 Å². The quantitative estimate of drug-likeness (QED) is 0.738. The predicted octanol–water partition coefficient (Wildman–Crippen LogP) is 3.26. The van der Waals surface area contributed by atoms with Crippen LogP contribution in [0.4, 0.5) is 0 Å². The number of nitrogens with one attached hydrogen (secondary N) is 1. The molecule has 0 aliphatic rings. The molecule has 7 heteroatoms. The monoisotopic (exact) mass is 303 g/mol. The van der Waals surface area contributed by atoms with Crippen molar-refractivity contribution in [2.75, 3.05) is 0 Å². The maximum Gasteiger partial charge on any atom is 0.158 e. The molecule has 0 fully saturated rings.